The van der Waals surface area contributed by atoms with Gasteiger partial charge in [-0.2, -0.15) is 0 Å². The highest BCUT2D eigenvalue weighted by Gasteiger charge is 2.17. The molecule has 1 aromatic heterocycles. The molecule has 4 nitrogen and oxygen atoms in total. The summed E-state index contributed by atoms with van der Waals surface area (Å²) in [5, 5.41) is 0.836. The minimum atomic E-state index is -0.452. The number of nitrogen functional groups attached to an aromatic ring is 1. The van der Waals surface area contributed by atoms with Gasteiger partial charge < -0.3 is 10.2 Å². The van der Waals surface area contributed by atoms with Crippen LogP contribution >= 0.6 is 0 Å². The van der Waals surface area contributed by atoms with E-state index in [1.54, 1.807) is 6.07 Å². The van der Waals surface area contributed by atoms with E-state index in [9.17, 15) is 9.59 Å². The van der Waals surface area contributed by atoms with Crippen molar-refractivity contribution in [3.05, 3.63) is 39.2 Å². The summed E-state index contributed by atoms with van der Waals surface area (Å²) in [6.45, 7) is 7.40. The Hall–Kier alpha value is -2.10. The Morgan fingerprint density at radius 1 is 1.30 bits per heavy atom. The number of aryl methyl sites for hydroxylation is 2. The van der Waals surface area contributed by atoms with Gasteiger partial charge >= 0.3 is 5.63 Å². The van der Waals surface area contributed by atoms with Crippen LogP contribution in [0.3, 0.4) is 0 Å². The lowest BCUT2D eigenvalue weighted by atomic mass is 9.96. The fourth-order valence-electron chi connectivity index (χ4n) is 2.14. The number of anilines is 1. The Morgan fingerprint density at radius 3 is 2.55 bits per heavy atom. The molecule has 20 heavy (non-hydrogen) atoms. The molecule has 2 N–H and O–H groups in total. The normalized spacial score (nSPS) is 11.2. The molecule has 2 aromatic rings. The number of nitrogens with two attached hydrogens (primary N) is 1. The van der Waals surface area contributed by atoms with E-state index in [0.29, 0.717) is 16.8 Å². The van der Waals surface area contributed by atoms with Crippen molar-refractivity contribution in [1.82, 2.24) is 0 Å². The van der Waals surface area contributed by atoms with Crippen LogP contribution in [0, 0.1) is 19.8 Å². The number of carbonyl (C=O) groups excluding carboxylic acids is 1. The number of Topliss-reactive ketones (excluding diaryl/α,β-unsaturated/α-hetero) is 1. The first-order chi connectivity index (χ1) is 9.31. The third-order valence-corrected chi connectivity index (χ3v) is 3.67. The third kappa shape index (κ3) is 2.46. The van der Waals surface area contributed by atoms with Crippen molar-refractivity contribution in [1.29, 1.82) is 0 Å². The first-order valence-corrected chi connectivity index (χ1v) is 6.66. The molecular weight excluding hydrogens is 254 g/mol. The molecule has 0 saturated carbocycles. The molecule has 0 unspecified atom stereocenters. The maximum absolute atomic E-state index is 12.0. The molecule has 0 atom stereocenters. The monoisotopic (exact) mass is 273 g/mol. The van der Waals surface area contributed by atoms with Gasteiger partial charge in [-0.15, -0.1) is 0 Å². The average Bonchev–Trinajstić information content (AvgIpc) is 2.37. The Morgan fingerprint density at radius 2 is 1.95 bits per heavy atom. The van der Waals surface area contributed by atoms with Gasteiger partial charge in [0.05, 0.1) is 0 Å². The van der Waals surface area contributed by atoms with Gasteiger partial charge in [-0.3, -0.25) is 4.79 Å². The molecule has 0 radical (unpaired) electrons. The second kappa shape index (κ2) is 5.12. The Labute approximate surface area is 117 Å². The standard InChI is InChI=1S/C16H19NO3/c1-8(2)14(18)6-12-10(4)11-5-9(3)13(17)7-15(11)20-16(12)19/h5,7-8H,6,17H2,1-4H3. The predicted octanol–water partition coefficient (Wildman–Crippen LogP) is 2.76. The molecule has 0 aliphatic carbocycles. The van der Waals surface area contributed by atoms with E-state index in [0.717, 1.165) is 16.5 Å². The lowest BCUT2D eigenvalue weighted by molar-refractivity contribution is -0.121. The molecule has 0 bridgehead atoms. The van der Waals surface area contributed by atoms with E-state index < -0.39 is 5.63 Å². The second-order valence-electron chi connectivity index (χ2n) is 5.50. The van der Waals surface area contributed by atoms with Crippen LogP contribution in [0.25, 0.3) is 11.0 Å². The maximum Gasteiger partial charge on any atom is 0.340 e. The van der Waals surface area contributed by atoms with Crippen LogP contribution in [0.2, 0.25) is 0 Å². The van der Waals surface area contributed by atoms with Crippen molar-refractivity contribution in [2.24, 2.45) is 5.92 Å². The summed E-state index contributed by atoms with van der Waals surface area (Å²) in [5.74, 6) is -0.0652. The number of hydrogen-bond acceptors (Lipinski definition) is 4. The van der Waals surface area contributed by atoms with Gasteiger partial charge in [-0.1, -0.05) is 13.8 Å². The minimum absolute atomic E-state index is 0.0342. The first-order valence-electron chi connectivity index (χ1n) is 6.66. The second-order valence-corrected chi connectivity index (χ2v) is 5.50. The summed E-state index contributed by atoms with van der Waals surface area (Å²) in [6, 6.07) is 3.55. The fourth-order valence-corrected chi connectivity index (χ4v) is 2.14. The Bertz CT molecular complexity index is 741. The van der Waals surface area contributed by atoms with E-state index >= 15 is 0 Å². The Balaban J connectivity index is 2.65. The lowest BCUT2D eigenvalue weighted by Crippen LogP contribution is -2.18. The van der Waals surface area contributed by atoms with Gasteiger partial charge in [0, 0.05) is 35.0 Å². The van der Waals surface area contributed by atoms with E-state index in [-0.39, 0.29) is 18.1 Å². The van der Waals surface area contributed by atoms with E-state index in [2.05, 4.69) is 0 Å². The highest BCUT2D eigenvalue weighted by molar-refractivity contribution is 5.88. The van der Waals surface area contributed by atoms with Crippen LogP contribution in [0.15, 0.2) is 21.3 Å². The third-order valence-electron chi connectivity index (χ3n) is 3.67. The minimum Gasteiger partial charge on any atom is -0.422 e. The smallest absolute Gasteiger partial charge is 0.340 e. The van der Waals surface area contributed by atoms with Crippen molar-refractivity contribution in [2.45, 2.75) is 34.1 Å². The number of fused-ring (bicyclic) bond motifs is 1. The largest absolute Gasteiger partial charge is 0.422 e. The number of rotatable bonds is 3. The molecule has 0 aliphatic heterocycles. The lowest BCUT2D eigenvalue weighted by Gasteiger charge is -2.10. The van der Waals surface area contributed by atoms with Gasteiger partial charge in [0.1, 0.15) is 11.4 Å². The topological polar surface area (TPSA) is 73.3 Å². The number of benzene rings is 1. The average molecular weight is 273 g/mol. The SMILES string of the molecule is Cc1cc2c(C)c(CC(=O)C(C)C)c(=O)oc2cc1N. The fraction of sp³-hybridized carbons (Fsp3) is 0.375. The molecule has 0 amide bonds. The first kappa shape index (κ1) is 14.3. The number of hydrogen-bond donors (Lipinski definition) is 1. The molecule has 1 heterocycles. The molecule has 106 valence electrons. The van der Waals surface area contributed by atoms with E-state index in [1.165, 1.54) is 0 Å². The summed E-state index contributed by atoms with van der Waals surface area (Å²) < 4.78 is 5.30. The van der Waals surface area contributed by atoms with E-state index in [4.69, 9.17) is 10.2 Å². The molecule has 0 saturated heterocycles. The van der Waals surface area contributed by atoms with Gasteiger partial charge in [-0.25, -0.2) is 4.79 Å². The number of ketones is 1. The predicted molar refractivity (Wildman–Crippen MR) is 79.9 cm³/mol. The highest BCUT2D eigenvalue weighted by atomic mass is 16.4. The molecule has 4 heteroatoms. The summed E-state index contributed by atoms with van der Waals surface area (Å²) in [4.78, 5) is 23.9. The molecule has 0 aliphatic rings. The molecule has 1 aromatic carbocycles. The summed E-state index contributed by atoms with van der Waals surface area (Å²) in [6.07, 6.45) is 0.116. The van der Waals surface area contributed by atoms with Crippen molar-refractivity contribution in [3.8, 4) is 0 Å². The van der Waals surface area contributed by atoms with Gasteiger partial charge in [0.2, 0.25) is 0 Å². The van der Waals surface area contributed by atoms with Crippen LogP contribution < -0.4 is 11.4 Å². The number of carbonyl (C=O) groups is 1. The van der Waals surface area contributed by atoms with Gasteiger partial charge in [-0.05, 0) is 31.0 Å². The zero-order valence-corrected chi connectivity index (χ0v) is 12.2. The highest BCUT2D eigenvalue weighted by Crippen LogP contribution is 2.25. The van der Waals surface area contributed by atoms with Gasteiger partial charge in [0.25, 0.3) is 0 Å². The quantitative estimate of drug-likeness (QED) is 0.689. The van der Waals surface area contributed by atoms with Crippen LogP contribution in [0.4, 0.5) is 5.69 Å². The zero-order chi connectivity index (χ0) is 15.0. The zero-order valence-electron chi connectivity index (χ0n) is 12.2. The van der Waals surface area contributed by atoms with Crippen LogP contribution in [0.5, 0.6) is 0 Å². The molecule has 0 fully saturated rings. The van der Waals surface area contributed by atoms with Crippen molar-refractivity contribution in [3.63, 3.8) is 0 Å². The van der Waals surface area contributed by atoms with Crippen molar-refractivity contribution < 1.29 is 9.21 Å². The van der Waals surface area contributed by atoms with Gasteiger partial charge in [0.15, 0.2) is 0 Å². The molecule has 2 rings (SSSR count). The van der Waals surface area contributed by atoms with Crippen LogP contribution in [-0.2, 0) is 11.2 Å². The van der Waals surface area contributed by atoms with E-state index in [1.807, 2.05) is 33.8 Å². The van der Waals surface area contributed by atoms with Crippen LogP contribution in [0.1, 0.15) is 30.5 Å². The molecular formula is C16H19NO3. The summed E-state index contributed by atoms with van der Waals surface area (Å²) >= 11 is 0. The van der Waals surface area contributed by atoms with Crippen molar-refractivity contribution in [2.75, 3.05) is 5.73 Å². The van der Waals surface area contributed by atoms with Crippen molar-refractivity contribution >= 4 is 22.4 Å². The Kier molecular flexibility index (Phi) is 3.66. The summed E-state index contributed by atoms with van der Waals surface area (Å²) in [7, 11) is 0. The maximum atomic E-state index is 12.0. The summed E-state index contributed by atoms with van der Waals surface area (Å²) in [5.41, 5.74) is 8.61. The molecule has 0 spiro atoms. The van der Waals surface area contributed by atoms with Crippen LogP contribution in [-0.4, -0.2) is 5.78 Å².